The number of esters is 1. The summed E-state index contributed by atoms with van der Waals surface area (Å²) < 4.78 is 10.4. The fourth-order valence-corrected chi connectivity index (χ4v) is 1.74. The maximum absolute atomic E-state index is 11.0. The molecular weight excluding hydrogens is 180 g/mol. The molecule has 1 aromatic rings. The number of hydrogen-bond acceptors (Lipinski definition) is 3. The Bertz CT molecular complexity index is 382. The predicted molar refractivity (Wildman–Crippen MR) is 51.7 cm³/mol. The summed E-state index contributed by atoms with van der Waals surface area (Å²) >= 11 is 0. The van der Waals surface area contributed by atoms with E-state index in [-0.39, 0.29) is 5.97 Å². The summed E-state index contributed by atoms with van der Waals surface area (Å²) in [6.45, 7) is 1.98. The van der Waals surface area contributed by atoms with E-state index in [0.29, 0.717) is 18.6 Å². The van der Waals surface area contributed by atoms with Crippen LogP contribution in [0.2, 0.25) is 0 Å². The first-order chi connectivity index (χ1) is 6.72. The van der Waals surface area contributed by atoms with E-state index < -0.39 is 0 Å². The van der Waals surface area contributed by atoms with Gasteiger partial charge in [0.1, 0.15) is 11.5 Å². The van der Waals surface area contributed by atoms with E-state index in [1.807, 2.05) is 19.1 Å². The molecule has 0 bridgehead atoms. The van der Waals surface area contributed by atoms with Crippen molar-refractivity contribution >= 4 is 5.97 Å². The van der Waals surface area contributed by atoms with E-state index in [1.54, 1.807) is 7.11 Å². The summed E-state index contributed by atoms with van der Waals surface area (Å²) in [6.07, 6.45) is 1.14. The smallest absolute Gasteiger partial charge is 0.311 e. The molecule has 1 aliphatic rings. The highest BCUT2D eigenvalue weighted by Crippen LogP contribution is 2.35. The zero-order chi connectivity index (χ0) is 10.1. The van der Waals surface area contributed by atoms with Crippen LogP contribution >= 0.6 is 0 Å². The number of hydrogen-bond donors (Lipinski definition) is 0. The number of carbonyl (C=O) groups excluding carboxylic acids is 1. The van der Waals surface area contributed by atoms with Gasteiger partial charge < -0.3 is 9.47 Å². The van der Waals surface area contributed by atoms with Crippen molar-refractivity contribution in [1.29, 1.82) is 0 Å². The maximum atomic E-state index is 11.0. The molecule has 0 N–H and O–H groups in total. The van der Waals surface area contributed by atoms with Crippen molar-refractivity contribution in [2.24, 2.45) is 0 Å². The molecule has 0 amide bonds. The van der Waals surface area contributed by atoms with Crippen molar-refractivity contribution in [3.05, 3.63) is 23.3 Å². The minimum atomic E-state index is -0.164. The Balaban J connectivity index is 2.52. The molecule has 0 radical (unpaired) electrons. The third-order valence-electron chi connectivity index (χ3n) is 2.42. The Hall–Kier alpha value is -1.51. The lowest BCUT2D eigenvalue weighted by molar-refractivity contribution is -0.135. The average Bonchev–Trinajstić information content (AvgIpc) is 2.18. The molecule has 1 heterocycles. The molecule has 3 heteroatoms. The standard InChI is InChI=1S/C11H12O3/c1-7-3-5-9-8(11(7)13-2)4-6-10(12)14-9/h3,5H,4,6H2,1-2H3. The molecule has 74 valence electrons. The molecule has 1 aromatic carbocycles. The van der Waals surface area contributed by atoms with E-state index in [2.05, 4.69) is 0 Å². The van der Waals surface area contributed by atoms with Crippen LogP contribution in [0.4, 0.5) is 0 Å². The van der Waals surface area contributed by atoms with Crippen LogP contribution in [0.3, 0.4) is 0 Å². The maximum Gasteiger partial charge on any atom is 0.311 e. The minimum absolute atomic E-state index is 0.164. The van der Waals surface area contributed by atoms with Crippen molar-refractivity contribution in [3.8, 4) is 11.5 Å². The molecule has 0 aromatic heterocycles. The van der Waals surface area contributed by atoms with E-state index in [9.17, 15) is 4.79 Å². The van der Waals surface area contributed by atoms with Crippen LogP contribution in [-0.4, -0.2) is 13.1 Å². The van der Waals surface area contributed by atoms with Crippen LogP contribution in [-0.2, 0) is 11.2 Å². The lowest BCUT2D eigenvalue weighted by atomic mass is 10.0. The van der Waals surface area contributed by atoms with Gasteiger partial charge in [0.05, 0.1) is 13.5 Å². The van der Waals surface area contributed by atoms with E-state index in [1.165, 1.54) is 0 Å². The molecule has 2 rings (SSSR count). The van der Waals surface area contributed by atoms with Crippen molar-refractivity contribution < 1.29 is 14.3 Å². The molecule has 0 aliphatic carbocycles. The Kier molecular flexibility index (Phi) is 2.15. The third-order valence-corrected chi connectivity index (χ3v) is 2.42. The molecule has 14 heavy (non-hydrogen) atoms. The predicted octanol–water partition coefficient (Wildman–Crippen LogP) is 1.86. The second kappa shape index (κ2) is 3.33. The summed E-state index contributed by atoms with van der Waals surface area (Å²) in [5.41, 5.74) is 2.08. The Morgan fingerprint density at radius 1 is 1.36 bits per heavy atom. The summed E-state index contributed by atoms with van der Waals surface area (Å²) in [5.74, 6) is 1.32. The highest BCUT2D eigenvalue weighted by molar-refractivity contribution is 5.76. The molecule has 3 nitrogen and oxygen atoms in total. The van der Waals surface area contributed by atoms with E-state index in [0.717, 1.165) is 16.9 Å². The van der Waals surface area contributed by atoms with Crippen molar-refractivity contribution in [2.75, 3.05) is 7.11 Å². The second-order valence-electron chi connectivity index (χ2n) is 3.37. The number of methoxy groups -OCH3 is 1. The summed E-state index contributed by atoms with van der Waals surface area (Å²) in [4.78, 5) is 11.0. The number of ether oxygens (including phenoxy) is 2. The van der Waals surface area contributed by atoms with Crippen molar-refractivity contribution in [3.63, 3.8) is 0 Å². The number of benzene rings is 1. The fraction of sp³-hybridized carbons (Fsp3) is 0.364. The highest BCUT2D eigenvalue weighted by Gasteiger charge is 2.21. The van der Waals surface area contributed by atoms with Gasteiger partial charge in [-0.3, -0.25) is 4.79 Å². The molecule has 0 saturated heterocycles. The topological polar surface area (TPSA) is 35.5 Å². The molecular formula is C11H12O3. The normalized spacial score (nSPS) is 14.6. The zero-order valence-corrected chi connectivity index (χ0v) is 8.29. The Morgan fingerprint density at radius 3 is 2.86 bits per heavy atom. The van der Waals surface area contributed by atoms with Gasteiger partial charge in [-0.1, -0.05) is 6.07 Å². The lowest BCUT2D eigenvalue weighted by Gasteiger charge is -2.19. The van der Waals surface area contributed by atoms with Gasteiger partial charge in [0.2, 0.25) is 0 Å². The highest BCUT2D eigenvalue weighted by atomic mass is 16.5. The van der Waals surface area contributed by atoms with Gasteiger partial charge in [0.25, 0.3) is 0 Å². The van der Waals surface area contributed by atoms with Gasteiger partial charge in [0.15, 0.2) is 0 Å². The lowest BCUT2D eigenvalue weighted by Crippen LogP contribution is -2.16. The molecule has 0 saturated carbocycles. The van der Waals surface area contributed by atoms with Crippen molar-refractivity contribution in [2.45, 2.75) is 19.8 Å². The molecule has 0 atom stereocenters. The van der Waals surface area contributed by atoms with Crippen LogP contribution in [0.15, 0.2) is 12.1 Å². The SMILES string of the molecule is COc1c(C)ccc2c1CCC(=O)O2. The quantitative estimate of drug-likeness (QED) is 0.503. The van der Waals surface area contributed by atoms with Crippen LogP contribution in [0.25, 0.3) is 0 Å². The van der Waals surface area contributed by atoms with Crippen LogP contribution in [0.5, 0.6) is 11.5 Å². The van der Waals surface area contributed by atoms with Crippen LogP contribution in [0, 0.1) is 6.92 Å². The molecule has 1 aliphatic heterocycles. The monoisotopic (exact) mass is 192 g/mol. The van der Waals surface area contributed by atoms with E-state index in [4.69, 9.17) is 9.47 Å². The van der Waals surface area contributed by atoms with Crippen LogP contribution < -0.4 is 9.47 Å². The first-order valence-electron chi connectivity index (χ1n) is 4.59. The van der Waals surface area contributed by atoms with Gasteiger partial charge in [0, 0.05) is 5.56 Å². The van der Waals surface area contributed by atoms with Gasteiger partial charge >= 0.3 is 5.97 Å². The third kappa shape index (κ3) is 1.35. The Morgan fingerprint density at radius 2 is 2.14 bits per heavy atom. The average molecular weight is 192 g/mol. The number of aryl methyl sites for hydroxylation is 1. The van der Waals surface area contributed by atoms with Crippen LogP contribution in [0.1, 0.15) is 17.5 Å². The van der Waals surface area contributed by atoms with Gasteiger partial charge in [-0.25, -0.2) is 0 Å². The molecule has 0 unspecified atom stereocenters. The molecule has 0 spiro atoms. The fourth-order valence-electron chi connectivity index (χ4n) is 1.74. The number of carbonyl (C=O) groups is 1. The summed E-state index contributed by atoms with van der Waals surface area (Å²) in [7, 11) is 1.64. The minimum Gasteiger partial charge on any atom is -0.496 e. The van der Waals surface area contributed by atoms with E-state index >= 15 is 0 Å². The number of fused-ring (bicyclic) bond motifs is 1. The largest absolute Gasteiger partial charge is 0.496 e. The second-order valence-corrected chi connectivity index (χ2v) is 3.37. The van der Waals surface area contributed by atoms with Gasteiger partial charge in [-0.15, -0.1) is 0 Å². The summed E-state index contributed by atoms with van der Waals surface area (Å²) in [5, 5.41) is 0. The molecule has 0 fully saturated rings. The Labute approximate surface area is 82.6 Å². The van der Waals surface area contributed by atoms with Gasteiger partial charge in [-0.05, 0) is 25.0 Å². The number of rotatable bonds is 1. The summed E-state index contributed by atoms with van der Waals surface area (Å²) in [6, 6.07) is 3.72. The van der Waals surface area contributed by atoms with Crippen molar-refractivity contribution in [1.82, 2.24) is 0 Å². The first-order valence-corrected chi connectivity index (χ1v) is 4.59. The first kappa shape index (κ1) is 9.06. The zero-order valence-electron chi connectivity index (χ0n) is 8.29. The van der Waals surface area contributed by atoms with Gasteiger partial charge in [-0.2, -0.15) is 0 Å².